The van der Waals surface area contributed by atoms with Crippen LogP contribution < -0.4 is 9.47 Å². The Kier molecular flexibility index (Phi) is 7.85. The van der Waals surface area contributed by atoms with Gasteiger partial charge in [-0.3, -0.25) is 9.59 Å². The minimum atomic E-state index is -4.60. The van der Waals surface area contributed by atoms with Crippen molar-refractivity contribution in [1.29, 1.82) is 0 Å². The van der Waals surface area contributed by atoms with E-state index in [0.29, 0.717) is 22.2 Å². The van der Waals surface area contributed by atoms with Crippen LogP contribution in [0.3, 0.4) is 0 Å². The summed E-state index contributed by atoms with van der Waals surface area (Å²) in [6, 6.07) is 15.8. The zero-order valence-electron chi connectivity index (χ0n) is 19.0. The molecule has 0 aromatic heterocycles. The number of amides is 1. The Hall–Kier alpha value is -3.43. The number of fused-ring (bicyclic) bond motifs is 1. The Morgan fingerprint density at radius 3 is 2.41 bits per heavy atom. The van der Waals surface area contributed by atoms with E-state index in [1.54, 1.807) is 6.07 Å². The van der Waals surface area contributed by atoms with Crippen LogP contribution in [0.15, 0.2) is 66.7 Å². The molecule has 194 valence electrons. The zero-order valence-corrected chi connectivity index (χ0v) is 20.6. The predicted molar refractivity (Wildman–Crippen MR) is 131 cm³/mol. The summed E-state index contributed by atoms with van der Waals surface area (Å²) in [5.41, 5.74) is 0.505. The number of halogens is 5. The molecule has 1 aliphatic rings. The number of hydrogen-bond acceptors (Lipinski definition) is 4. The van der Waals surface area contributed by atoms with Crippen LogP contribution in [0.5, 0.6) is 17.2 Å². The molecule has 1 amide bonds. The Balaban J connectivity index is 1.47. The summed E-state index contributed by atoms with van der Waals surface area (Å²) in [4.78, 5) is 24.2. The van der Waals surface area contributed by atoms with E-state index in [1.165, 1.54) is 60.7 Å². The van der Waals surface area contributed by atoms with Gasteiger partial charge in [0, 0.05) is 29.0 Å². The lowest BCUT2D eigenvalue weighted by Crippen LogP contribution is -2.33. The first-order valence-electron chi connectivity index (χ1n) is 11.1. The van der Waals surface area contributed by atoms with Crippen LogP contribution in [-0.2, 0) is 4.79 Å². The highest BCUT2D eigenvalue weighted by molar-refractivity contribution is 6.32. The van der Waals surface area contributed by atoms with E-state index in [9.17, 15) is 27.9 Å². The molecular formula is C26H20Cl2F3NO5. The number of ether oxygens (including phenoxy) is 2. The maximum Gasteiger partial charge on any atom is 0.397 e. The molecule has 3 aromatic carbocycles. The van der Waals surface area contributed by atoms with Crippen molar-refractivity contribution in [2.45, 2.75) is 24.4 Å². The van der Waals surface area contributed by atoms with Crippen molar-refractivity contribution in [3.63, 3.8) is 0 Å². The molecule has 0 saturated heterocycles. The van der Waals surface area contributed by atoms with E-state index >= 15 is 0 Å². The number of rotatable bonds is 7. The highest BCUT2D eigenvalue weighted by Crippen LogP contribution is 2.42. The van der Waals surface area contributed by atoms with Gasteiger partial charge in [0.2, 0.25) is 0 Å². The second kappa shape index (κ2) is 10.9. The van der Waals surface area contributed by atoms with Crippen LogP contribution >= 0.6 is 23.4 Å². The van der Waals surface area contributed by atoms with Gasteiger partial charge in [0.15, 0.2) is 0 Å². The molecule has 11 heteroatoms. The van der Waals surface area contributed by atoms with Crippen LogP contribution in [0.4, 0.5) is 13.2 Å². The lowest BCUT2D eigenvalue weighted by molar-refractivity contribution is -0.151. The minimum absolute atomic E-state index is 0.00205. The highest BCUT2D eigenvalue weighted by atomic mass is 35.5. The summed E-state index contributed by atoms with van der Waals surface area (Å²) in [7, 11) is 0. The second-order valence-electron chi connectivity index (χ2n) is 8.33. The van der Waals surface area contributed by atoms with Crippen molar-refractivity contribution < 1.29 is 37.3 Å². The van der Waals surface area contributed by atoms with Gasteiger partial charge < -0.3 is 14.6 Å². The van der Waals surface area contributed by atoms with Crippen LogP contribution in [-0.4, -0.2) is 40.7 Å². The molecule has 0 bridgehead atoms. The second-order valence-corrected chi connectivity index (χ2v) is 9.14. The van der Waals surface area contributed by atoms with E-state index in [-0.39, 0.29) is 34.3 Å². The van der Waals surface area contributed by atoms with E-state index in [1.807, 2.05) is 0 Å². The number of benzene rings is 3. The fraction of sp³-hybridized carbons (Fsp3) is 0.231. The summed E-state index contributed by atoms with van der Waals surface area (Å²) in [5, 5.41) is 9.58. The first-order chi connectivity index (χ1) is 17.5. The first-order valence-corrected chi connectivity index (χ1v) is 11.8. The fourth-order valence-electron chi connectivity index (χ4n) is 3.98. The van der Waals surface area contributed by atoms with Gasteiger partial charge in [0.05, 0.1) is 30.0 Å². The quantitative estimate of drug-likeness (QED) is 0.318. The van der Waals surface area contributed by atoms with Crippen LogP contribution in [0.1, 0.15) is 39.7 Å². The topological polar surface area (TPSA) is 76.1 Å². The maximum absolute atomic E-state index is 13.6. The smallest absolute Gasteiger partial charge is 0.397 e. The fourth-order valence-corrected chi connectivity index (χ4v) is 4.43. The number of nitrogens with zero attached hydrogens (tertiary/aromatic N) is 1. The number of carboxylic acids is 1. The number of carbonyl (C=O) groups is 2. The lowest BCUT2D eigenvalue weighted by Gasteiger charge is -2.25. The summed E-state index contributed by atoms with van der Waals surface area (Å²) in [6.07, 6.45) is -4.28. The van der Waals surface area contributed by atoms with Crippen LogP contribution in [0.25, 0.3) is 0 Å². The van der Waals surface area contributed by atoms with Gasteiger partial charge in [-0.05, 0) is 42.3 Å². The van der Waals surface area contributed by atoms with Crippen molar-refractivity contribution in [3.8, 4) is 17.2 Å². The van der Waals surface area contributed by atoms with E-state index in [2.05, 4.69) is 0 Å². The number of hydrogen-bond donors (Lipinski definition) is 1. The average Bonchev–Trinajstić information content (AvgIpc) is 2.87. The Morgan fingerprint density at radius 2 is 1.78 bits per heavy atom. The number of aliphatic carboxylic acids is 1. The molecule has 4 rings (SSSR count). The molecule has 1 aliphatic heterocycles. The van der Waals surface area contributed by atoms with Gasteiger partial charge in [-0.2, -0.15) is 13.2 Å². The molecule has 3 aromatic rings. The van der Waals surface area contributed by atoms with Gasteiger partial charge in [-0.15, -0.1) is 0 Å². The summed E-state index contributed by atoms with van der Waals surface area (Å²) in [5.74, 6) is -3.64. The van der Waals surface area contributed by atoms with Crippen LogP contribution in [0.2, 0.25) is 5.02 Å². The van der Waals surface area contributed by atoms with Gasteiger partial charge in [-0.1, -0.05) is 41.9 Å². The summed E-state index contributed by atoms with van der Waals surface area (Å²) < 4.78 is 52.7. The van der Waals surface area contributed by atoms with Gasteiger partial charge in [-0.25, -0.2) is 4.42 Å². The predicted octanol–water partition coefficient (Wildman–Crippen LogP) is 7.03. The third-order valence-corrected chi connectivity index (χ3v) is 6.48. The molecule has 0 aliphatic carbocycles. The summed E-state index contributed by atoms with van der Waals surface area (Å²) >= 11 is 12.3. The third kappa shape index (κ3) is 6.11. The van der Waals surface area contributed by atoms with E-state index in [0.717, 1.165) is 0 Å². The van der Waals surface area contributed by atoms with Crippen LogP contribution in [0, 0.1) is 0 Å². The molecule has 0 fully saturated rings. The molecule has 2 unspecified atom stereocenters. The zero-order chi connectivity index (χ0) is 26.7. The van der Waals surface area contributed by atoms with Gasteiger partial charge >= 0.3 is 12.1 Å². The molecular weight excluding hydrogens is 534 g/mol. The summed E-state index contributed by atoms with van der Waals surface area (Å²) in [6.45, 7) is -0.537. The van der Waals surface area contributed by atoms with Crippen molar-refractivity contribution in [2.24, 2.45) is 0 Å². The van der Waals surface area contributed by atoms with Crippen molar-refractivity contribution in [1.82, 2.24) is 4.42 Å². The van der Waals surface area contributed by atoms with Gasteiger partial charge in [0.25, 0.3) is 5.91 Å². The first kappa shape index (κ1) is 26.6. The number of carboxylic acid groups (broad SMARTS) is 1. The molecule has 6 nitrogen and oxygen atoms in total. The van der Waals surface area contributed by atoms with Gasteiger partial charge in [0.1, 0.15) is 17.2 Å². The average molecular weight is 554 g/mol. The molecule has 2 atom stereocenters. The molecule has 0 saturated carbocycles. The molecule has 0 spiro atoms. The SMILES string of the molecule is O=C(O)C1CCOc2cc(Oc3ccc(C(=O)N(Cl)CC(c4ccccc4)C(F)(F)F)cc3)c(Cl)cc21. The Bertz CT molecular complexity index is 1290. The van der Waals surface area contributed by atoms with Crippen molar-refractivity contribution in [3.05, 3.63) is 88.4 Å². The van der Waals surface area contributed by atoms with E-state index < -0.39 is 36.4 Å². The van der Waals surface area contributed by atoms with Crippen molar-refractivity contribution in [2.75, 3.05) is 13.2 Å². The Labute approximate surface area is 220 Å². The molecule has 1 N–H and O–H groups in total. The normalized spacial score (nSPS) is 15.8. The molecule has 1 heterocycles. The largest absolute Gasteiger partial charge is 0.493 e. The molecule has 37 heavy (non-hydrogen) atoms. The third-order valence-electron chi connectivity index (χ3n) is 5.89. The standard InChI is InChI=1S/C26H20Cl2F3NO5/c27-21-12-19-18(25(34)35)10-11-36-22(19)13-23(21)37-17-8-6-16(7-9-17)24(33)32(28)14-20(26(29,30)31)15-4-2-1-3-5-15/h1-9,12-13,18,20H,10-11,14H2,(H,34,35). The Morgan fingerprint density at radius 1 is 1.11 bits per heavy atom. The number of alkyl halides is 3. The number of carbonyl (C=O) groups excluding carboxylic acids is 1. The monoisotopic (exact) mass is 553 g/mol. The maximum atomic E-state index is 13.6. The minimum Gasteiger partial charge on any atom is -0.493 e. The molecule has 0 radical (unpaired) electrons. The lowest BCUT2D eigenvalue weighted by atomic mass is 9.93. The highest BCUT2D eigenvalue weighted by Gasteiger charge is 2.42. The van der Waals surface area contributed by atoms with E-state index in [4.69, 9.17) is 32.9 Å². The van der Waals surface area contributed by atoms with Crippen molar-refractivity contribution >= 4 is 35.3 Å².